The smallest absolute Gasteiger partial charge is 0.0728 e. The molecule has 14 heavy (non-hydrogen) atoms. The van der Waals surface area contributed by atoms with E-state index < -0.39 is 0 Å². The van der Waals surface area contributed by atoms with Crippen LogP contribution in [-0.4, -0.2) is 15.8 Å². The van der Waals surface area contributed by atoms with E-state index in [1.807, 2.05) is 24.1 Å². The van der Waals surface area contributed by atoms with Gasteiger partial charge in [-0.3, -0.25) is 4.68 Å². The van der Waals surface area contributed by atoms with Crippen LogP contribution in [-0.2, 0) is 7.05 Å². The molecular formula is C11H19N3. The third-order valence-electron chi connectivity index (χ3n) is 3.17. The maximum absolute atomic E-state index is 4.16. The number of hydrogen-bond donors (Lipinski definition) is 1. The van der Waals surface area contributed by atoms with Gasteiger partial charge in [0.15, 0.2) is 0 Å². The van der Waals surface area contributed by atoms with Gasteiger partial charge in [0, 0.05) is 19.3 Å². The molecule has 0 saturated heterocycles. The lowest BCUT2D eigenvalue weighted by atomic mass is 9.86. The second kappa shape index (κ2) is 4.03. The van der Waals surface area contributed by atoms with Gasteiger partial charge in [0.2, 0.25) is 0 Å². The van der Waals surface area contributed by atoms with Gasteiger partial charge in [-0.2, -0.15) is 5.10 Å². The van der Waals surface area contributed by atoms with E-state index in [1.165, 1.54) is 25.7 Å². The van der Waals surface area contributed by atoms with Crippen LogP contribution in [0.1, 0.15) is 32.6 Å². The fourth-order valence-corrected chi connectivity index (χ4v) is 2.24. The molecule has 1 aromatic rings. The molecule has 1 aliphatic rings. The van der Waals surface area contributed by atoms with Crippen molar-refractivity contribution in [1.29, 1.82) is 0 Å². The Morgan fingerprint density at radius 3 is 2.86 bits per heavy atom. The fourth-order valence-electron chi connectivity index (χ4n) is 2.24. The maximum atomic E-state index is 4.16. The Labute approximate surface area is 85.5 Å². The normalized spacial score (nSPS) is 27.6. The first kappa shape index (κ1) is 9.56. The van der Waals surface area contributed by atoms with Gasteiger partial charge in [-0.25, -0.2) is 0 Å². The summed E-state index contributed by atoms with van der Waals surface area (Å²) in [5.74, 6) is 0.795. The van der Waals surface area contributed by atoms with Crippen LogP contribution in [0.15, 0.2) is 12.4 Å². The minimum absolute atomic E-state index is 0.646. The number of anilines is 1. The summed E-state index contributed by atoms with van der Waals surface area (Å²) in [6.07, 6.45) is 9.37. The van der Waals surface area contributed by atoms with Crippen molar-refractivity contribution in [2.45, 2.75) is 38.6 Å². The predicted molar refractivity (Wildman–Crippen MR) is 58.3 cm³/mol. The van der Waals surface area contributed by atoms with Crippen LogP contribution in [0.5, 0.6) is 0 Å². The molecule has 2 atom stereocenters. The molecule has 3 nitrogen and oxygen atoms in total. The molecular weight excluding hydrogens is 174 g/mol. The molecule has 1 N–H and O–H groups in total. The van der Waals surface area contributed by atoms with Crippen LogP contribution >= 0.6 is 0 Å². The predicted octanol–water partition coefficient (Wildman–Crippen LogP) is 2.41. The summed E-state index contributed by atoms with van der Waals surface area (Å²) < 4.78 is 1.84. The third kappa shape index (κ3) is 2.08. The van der Waals surface area contributed by atoms with Crippen molar-refractivity contribution in [3.05, 3.63) is 12.4 Å². The molecule has 0 radical (unpaired) electrons. The second-order valence-electron chi connectivity index (χ2n) is 4.42. The van der Waals surface area contributed by atoms with Crippen LogP contribution in [0.4, 0.5) is 5.69 Å². The van der Waals surface area contributed by atoms with E-state index in [4.69, 9.17) is 0 Å². The van der Waals surface area contributed by atoms with E-state index in [1.54, 1.807) is 0 Å². The number of aromatic nitrogens is 2. The number of rotatable bonds is 2. The summed E-state index contributed by atoms with van der Waals surface area (Å²) in [4.78, 5) is 0. The zero-order chi connectivity index (χ0) is 9.97. The standard InChI is InChI=1S/C11H19N3/c1-9-5-3-4-6-11(9)13-10-7-12-14(2)8-10/h7-9,11,13H,3-6H2,1-2H3/t9-,11-/m1/s1. The van der Waals surface area contributed by atoms with E-state index in [0.717, 1.165) is 11.6 Å². The van der Waals surface area contributed by atoms with Crippen molar-refractivity contribution >= 4 is 5.69 Å². The van der Waals surface area contributed by atoms with Crippen LogP contribution < -0.4 is 5.32 Å². The van der Waals surface area contributed by atoms with Gasteiger partial charge in [-0.1, -0.05) is 19.8 Å². The third-order valence-corrected chi connectivity index (χ3v) is 3.17. The number of hydrogen-bond acceptors (Lipinski definition) is 2. The van der Waals surface area contributed by atoms with Gasteiger partial charge in [0.05, 0.1) is 11.9 Å². The largest absolute Gasteiger partial charge is 0.380 e. The maximum Gasteiger partial charge on any atom is 0.0728 e. The SMILES string of the molecule is C[C@@H]1CCCC[C@H]1Nc1cnn(C)c1. The number of nitrogens with one attached hydrogen (secondary N) is 1. The molecule has 0 amide bonds. The Morgan fingerprint density at radius 2 is 2.21 bits per heavy atom. The Kier molecular flexibility index (Phi) is 2.75. The Bertz CT molecular complexity index is 292. The summed E-state index contributed by atoms with van der Waals surface area (Å²) in [7, 11) is 1.95. The molecule has 1 aromatic heterocycles. The quantitative estimate of drug-likeness (QED) is 0.781. The molecule has 78 valence electrons. The van der Waals surface area contributed by atoms with Gasteiger partial charge in [-0.15, -0.1) is 0 Å². The molecule has 0 aliphatic heterocycles. The van der Waals surface area contributed by atoms with Crippen molar-refractivity contribution in [2.24, 2.45) is 13.0 Å². The monoisotopic (exact) mass is 193 g/mol. The summed E-state index contributed by atoms with van der Waals surface area (Å²) in [5.41, 5.74) is 1.16. The van der Waals surface area contributed by atoms with E-state index in [9.17, 15) is 0 Å². The highest BCUT2D eigenvalue weighted by Crippen LogP contribution is 2.26. The molecule has 1 saturated carbocycles. The van der Waals surface area contributed by atoms with Crippen LogP contribution in [0.3, 0.4) is 0 Å². The first-order valence-electron chi connectivity index (χ1n) is 5.51. The number of aryl methyl sites for hydroxylation is 1. The average Bonchev–Trinajstić information content (AvgIpc) is 2.56. The Morgan fingerprint density at radius 1 is 1.43 bits per heavy atom. The molecule has 0 bridgehead atoms. The summed E-state index contributed by atoms with van der Waals surface area (Å²) in [6, 6.07) is 0.646. The first-order valence-corrected chi connectivity index (χ1v) is 5.51. The molecule has 0 unspecified atom stereocenters. The minimum Gasteiger partial charge on any atom is -0.380 e. The lowest BCUT2D eigenvalue weighted by molar-refractivity contribution is 0.349. The molecule has 0 aromatic carbocycles. The minimum atomic E-state index is 0.646. The zero-order valence-corrected chi connectivity index (χ0v) is 9.03. The average molecular weight is 193 g/mol. The van der Waals surface area contributed by atoms with Gasteiger partial charge in [0.25, 0.3) is 0 Å². The topological polar surface area (TPSA) is 29.9 Å². The second-order valence-corrected chi connectivity index (χ2v) is 4.42. The Balaban J connectivity index is 1.95. The van der Waals surface area contributed by atoms with Crippen molar-refractivity contribution in [3.63, 3.8) is 0 Å². The molecule has 1 aliphatic carbocycles. The van der Waals surface area contributed by atoms with Crippen LogP contribution in [0, 0.1) is 5.92 Å². The van der Waals surface area contributed by atoms with Crippen molar-refractivity contribution < 1.29 is 0 Å². The van der Waals surface area contributed by atoms with Gasteiger partial charge >= 0.3 is 0 Å². The summed E-state index contributed by atoms with van der Waals surface area (Å²) >= 11 is 0. The first-order chi connectivity index (χ1) is 6.75. The summed E-state index contributed by atoms with van der Waals surface area (Å²) in [6.45, 7) is 2.34. The molecule has 3 heteroatoms. The van der Waals surface area contributed by atoms with E-state index in [-0.39, 0.29) is 0 Å². The summed E-state index contributed by atoms with van der Waals surface area (Å²) in [5, 5.41) is 7.73. The highest BCUT2D eigenvalue weighted by atomic mass is 15.3. The van der Waals surface area contributed by atoms with Crippen LogP contribution in [0.25, 0.3) is 0 Å². The Hall–Kier alpha value is -0.990. The lowest BCUT2D eigenvalue weighted by Crippen LogP contribution is -2.30. The number of nitrogens with zero attached hydrogens (tertiary/aromatic N) is 2. The highest BCUT2D eigenvalue weighted by molar-refractivity contribution is 5.39. The fraction of sp³-hybridized carbons (Fsp3) is 0.727. The lowest BCUT2D eigenvalue weighted by Gasteiger charge is -2.29. The molecule has 1 fully saturated rings. The van der Waals surface area contributed by atoms with E-state index >= 15 is 0 Å². The van der Waals surface area contributed by atoms with Crippen molar-refractivity contribution in [3.8, 4) is 0 Å². The van der Waals surface area contributed by atoms with Crippen molar-refractivity contribution in [1.82, 2.24) is 9.78 Å². The van der Waals surface area contributed by atoms with Gasteiger partial charge in [0.1, 0.15) is 0 Å². The van der Waals surface area contributed by atoms with E-state index in [2.05, 4.69) is 17.3 Å². The van der Waals surface area contributed by atoms with Crippen LogP contribution in [0.2, 0.25) is 0 Å². The highest BCUT2D eigenvalue weighted by Gasteiger charge is 2.20. The van der Waals surface area contributed by atoms with Gasteiger partial charge in [-0.05, 0) is 18.8 Å². The molecule has 2 rings (SSSR count). The molecule has 1 heterocycles. The van der Waals surface area contributed by atoms with Gasteiger partial charge < -0.3 is 5.32 Å². The van der Waals surface area contributed by atoms with Crippen molar-refractivity contribution in [2.75, 3.05) is 5.32 Å². The zero-order valence-electron chi connectivity index (χ0n) is 9.03. The molecule has 0 spiro atoms. The van der Waals surface area contributed by atoms with E-state index in [0.29, 0.717) is 6.04 Å².